The van der Waals surface area contributed by atoms with Gasteiger partial charge in [0.15, 0.2) is 0 Å². The summed E-state index contributed by atoms with van der Waals surface area (Å²) >= 11 is 0. The lowest BCUT2D eigenvalue weighted by molar-refractivity contribution is -0.117. The Balaban J connectivity index is 2.38. The molecule has 0 spiro atoms. The number of amides is 1. The molecule has 0 aromatic carbocycles. The maximum atomic E-state index is 10.9. The molecule has 0 bridgehead atoms. The van der Waals surface area contributed by atoms with Crippen LogP contribution in [0.3, 0.4) is 0 Å². The second-order valence-corrected chi connectivity index (χ2v) is 2.85. The SMILES string of the molecule is C=CC(=O)NC1CCOCC1N. The Bertz CT molecular complexity index is 182. The molecule has 0 saturated carbocycles. The van der Waals surface area contributed by atoms with E-state index >= 15 is 0 Å². The molecule has 2 unspecified atom stereocenters. The Kier molecular flexibility index (Phi) is 3.25. The highest BCUT2D eigenvalue weighted by molar-refractivity contribution is 5.87. The molecule has 0 aromatic heterocycles. The van der Waals surface area contributed by atoms with Crippen molar-refractivity contribution in [2.45, 2.75) is 18.5 Å². The van der Waals surface area contributed by atoms with Gasteiger partial charge in [0.05, 0.1) is 6.61 Å². The molecule has 1 saturated heterocycles. The molecule has 1 rings (SSSR count). The molecule has 2 atom stereocenters. The largest absolute Gasteiger partial charge is 0.380 e. The molecular formula is C8H14N2O2. The monoisotopic (exact) mass is 170 g/mol. The summed E-state index contributed by atoms with van der Waals surface area (Å²) in [6.45, 7) is 4.55. The predicted molar refractivity (Wildman–Crippen MR) is 45.5 cm³/mol. The first-order chi connectivity index (χ1) is 5.74. The molecule has 0 radical (unpaired) electrons. The van der Waals surface area contributed by atoms with Crippen LogP contribution in [0.25, 0.3) is 0 Å². The summed E-state index contributed by atoms with van der Waals surface area (Å²) < 4.78 is 5.13. The highest BCUT2D eigenvalue weighted by atomic mass is 16.5. The van der Waals surface area contributed by atoms with E-state index in [2.05, 4.69) is 11.9 Å². The smallest absolute Gasteiger partial charge is 0.243 e. The first-order valence-electron chi connectivity index (χ1n) is 4.00. The van der Waals surface area contributed by atoms with Crippen molar-refractivity contribution in [3.05, 3.63) is 12.7 Å². The van der Waals surface area contributed by atoms with E-state index in [1.165, 1.54) is 6.08 Å². The average Bonchev–Trinajstić information content (AvgIpc) is 2.09. The number of carbonyl (C=O) groups is 1. The molecule has 4 heteroatoms. The fourth-order valence-corrected chi connectivity index (χ4v) is 1.18. The van der Waals surface area contributed by atoms with Gasteiger partial charge in [-0.1, -0.05) is 6.58 Å². The first kappa shape index (κ1) is 9.22. The minimum Gasteiger partial charge on any atom is -0.380 e. The Morgan fingerprint density at radius 3 is 3.08 bits per heavy atom. The molecular weight excluding hydrogens is 156 g/mol. The zero-order valence-corrected chi connectivity index (χ0v) is 6.95. The Labute approximate surface area is 71.8 Å². The number of nitrogens with two attached hydrogens (primary N) is 1. The van der Waals surface area contributed by atoms with Crippen molar-refractivity contribution in [1.29, 1.82) is 0 Å². The zero-order chi connectivity index (χ0) is 8.97. The van der Waals surface area contributed by atoms with Gasteiger partial charge in [0.1, 0.15) is 0 Å². The topological polar surface area (TPSA) is 64.3 Å². The standard InChI is InChI=1S/C8H14N2O2/c1-2-8(11)10-7-3-4-12-5-6(7)9/h2,6-7H,1,3-5,9H2,(H,10,11). The van der Waals surface area contributed by atoms with Crippen molar-refractivity contribution >= 4 is 5.91 Å². The van der Waals surface area contributed by atoms with E-state index < -0.39 is 0 Å². The summed E-state index contributed by atoms with van der Waals surface area (Å²) in [7, 11) is 0. The van der Waals surface area contributed by atoms with Gasteiger partial charge in [-0.3, -0.25) is 4.79 Å². The van der Waals surface area contributed by atoms with Gasteiger partial charge in [-0.05, 0) is 12.5 Å². The van der Waals surface area contributed by atoms with E-state index in [0.29, 0.717) is 13.2 Å². The van der Waals surface area contributed by atoms with Crippen molar-refractivity contribution in [2.24, 2.45) is 5.73 Å². The second-order valence-electron chi connectivity index (χ2n) is 2.85. The Morgan fingerprint density at radius 1 is 1.75 bits per heavy atom. The van der Waals surface area contributed by atoms with Crippen LogP contribution in [0.1, 0.15) is 6.42 Å². The molecule has 0 aromatic rings. The van der Waals surface area contributed by atoms with Crippen molar-refractivity contribution in [1.82, 2.24) is 5.32 Å². The summed E-state index contributed by atoms with van der Waals surface area (Å²) in [6, 6.07) is -0.0631. The zero-order valence-electron chi connectivity index (χ0n) is 6.95. The third-order valence-electron chi connectivity index (χ3n) is 1.91. The Morgan fingerprint density at radius 2 is 2.50 bits per heavy atom. The minimum atomic E-state index is -0.169. The summed E-state index contributed by atoms with van der Waals surface area (Å²) in [5, 5.41) is 2.76. The van der Waals surface area contributed by atoms with Gasteiger partial charge >= 0.3 is 0 Å². The van der Waals surface area contributed by atoms with Crippen LogP contribution in [0.15, 0.2) is 12.7 Å². The summed E-state index contributed by atoms with van der Waals surface area (Å²) in [5.41, 5.74) is 5.71. The minimum absolute atomic E-state index is 0.0317. The van der Waals surface area contributed by atoms with E-state index in [1.54, 1.807) is 0 Å². The van der Waals surface area contributed by atoms with Crippen LogP contribution >= 0.6 is 0 Å². The maximum absolute atomic E-state index is 10.9. The number of hydrogen-bond acceptors (Lipinski definition) is 3. The van der Waals surface area contributed by atoms with E-state index in [9.17, 15) is 4.79 Å². The highest BCUT2D eigenvalue weighted by Gasteiger charge is 2.22. The molecule has 0 aliphatic carbocycles. The quantitative estimate of drug-likeness (QED) is 0.544. The van der Waals surface area contributed by atoms with Crippen molar-refractivity contribution in [3.63, 3.8) is 0 Å². The number of rotatable bonds is 2. The van der Waals surface area contributed by atoms with Crippen LogP contribution in [0, 0.1) is 0 Å². The number of ether oxygens (including phenoxy) is 1. The van der Waals surface area contributed by atoms with E-state index in [1.807, 2.05) is 0 Å². The molecule has 12 heavy (non-hydrogen) atoms. The van der Waals surface area contributed by atoms with Crippen LogP contribution in [0.4, 0.5) is 0 Å². The lowest BCUT2D eigenvalue weighted by atomic mass is 10.0. The number of carbonyl (C=O) groups excluding carboxylic acids is 1. The molecule has 1 aliphatic heterocycles. The van der Waals surface area contributed by atoms with Crippen LogP contribution in [-0.2, 0) is 9.53 Å². The lowest BCUT2D eigenvalue weighted by Crippen LogP contribution is -2.52. The van der Waals surface area contributed by atoms with Gasteiger partial charge in [-0.25, -0.2) is 0 Å². The highest BCUT2D eigenvalue weighted by Crippen LogP contribution is 2.05. The van der Waals surface area contributed by atoms with E-state index in [4.69, 9.17) is 10.5 Å². The van der Waals surface area contributed by atoms with Gasteiger partial charge < -0.3 is 15.8 Å². The molecule has 1 fully saturated rings. The van der Waals surface area contributed by atoms with Gasteiger partial charge in [-0.2, -0.15) is 0 Å². The fraction of sp³-hybridized carbons (Fsp3) is 0.625. The molecule has 4 nitrogen and oxygen atoms in total. The van der Waals surface area contributed by atoms with Crippen molar-refractivity contribution < 1.29 is 9.53 Å². The molecule has 1 aliphatic rings. The fourth-order valence-electron chi connectivity index (χ4n) is 1.18. The maximum Gasteiger partial charge on any atom is 0.243 e. The molecule has 1 amide bonds. The van der Waals surface area contributed by atoms with Gasteiger partial charge in [0, 0.05) is 18.7 Å². The van der Waals surface area contributed by atoms with Gasteiger partial charge in [0.25, 0.3) is 0 Å². The summed E-state index contributed by atoms with van der Waals surface area (Å²) in [6.07, 6.45) is 2.03. The van der Waals surface area contributed by atoms with Crippen LogP contribution in [0.2, 0.25) is 0 Å². The average molecular weight is 170 g/mol. The van der Waals surface area contributed by atoms with Crippen LogP contribution in [-0.4, -0.2) is 31.2 Å². The van der Waals surface area contributed by atoms with E-state index in [-0.39, 0.29) is 18.0 Å². The van der Waals surface area contributed by atoms with Crippen LogP contribution in [0.5, 0.6) is 0 Å². The van der Waals surface area contributed by atoms with Gasteiger partial charge in [-0.15, -0.1) is 0 Å². The third-order valence-corrected chi connectivity index (χ3v) is 1.91. The molecule has 3 N–H and O–H groups in total. The number of hydrogen-bond donors (Lipinski definition) is 2. The van der Waals surface area contributed by atoms with Crippen LogP contribution < -0.4 is 11.1 Å². The Hall–Kier alpha value is -0.870. The summed E-state index contributed by atoms with van der Waals surface area (Å²) in [5.74, 6) is -0.169. The predicted octanol–water partition coefficient (Wildman–Crippen LogP) is -0.595. The second kappa shape index (κ2) is 4.23. The lowest BCUT2D eigenvalue weighted by Gasteiger charge is -2.28. The normalized spacial score (nSPS) is 29.4. The molecule has 68 valence electrons. The first-order valence-corrected chi connectivity index (χ1v) is 4.00. The third kappa shape index (κ3) is 2.32. The van der Waals surface area contributed by atoms with Gasteiger partial charge in [0.2, 0.25) is 5.91 Å². The van der Waals surface area contributed by atoms with E-state index in [0.717, 1.165) is 6.42 Å². The number of nitrogens with one attached hydrogen (secondary N) is 1. The van der Waals surface area contributed by atoms with Crippen molar-refractivity contribution in [3.8, 4) is 0 Å². The summed E-state index contributed by atoms with van der Waals surface area (Å²) in [4.78, 5) is 10.9. The molecule has 1 heterocycles. The van der Waals surface area contributed by atoms with Crippen molar-refractivity contribution in [2.75, 3.05) is 13.2 Å².